The number of anilines is 2. The molecule has 17 nitrogen and oxygen atoms in total. The maximum atomic E-state index is 11.4. The molecule has 2 heterocycles. The lowest BCUT2D eigenvalue weighted by Gasteiger charge is -2.28. The second kappa shape index (κ2) is 14.0. The van der Waals surface area contributed by atoms with Gasteiger partial charge in [-0.3, -0.25) is 0 Å². The number of hydrogen-bond donors (Lipinski definition) is 0. The molecule has 1 aliphatic heterocycles. The number of hydrogen-bond acceptors (Lipinski definition) is 17. The highest BCUT2D eigenvalue weighted by Gasteiger charge is 2.25. The van der Waals surface area contributed by atoms with Crippen LogP contribution in [0, 0.1) is 0 Å². The number of ether oxygens (including phenoxy) is 3. The molecule has 0 spiro atoms. The minimum Gasteiger partial charge on any atom is -0.548 e. The first kappa shape index (κ1) is 31.9. The van der Waals surface area contributed by atoms with Crippen molar-refractivity contribution in [1.29, 1.82) is 0 Å². The Labute approximate surface area is 253 Å². The highest BCUT2D eigenvalue weighted by atomic mass is 16.5. The zero-order valence-corrected chi connectivity index (χ0v) is 23.1. The summed E-state index contributed by atoms with van der Waals surface area (Å²) in [5.41, 5.74) is 0.183. The summed E-state index contributed by atoms with van der Waals surface area (Å²) in [6.07, 6.45) is -1.32. The minimum absolute atomic E-state index is 0.0216. The highest BCUT2D eigenvalue weighted by Crippen LogP contribution is 2.36. The average molecular weight is 624 g/mol. The summed E-state index contributed by atoms with van der Waals surface area (Å²) in [7, 11) is 0. The smallest absolute Gasteiger partial charge is 0.253 e. The monoisotopic (exact) mass is 624 g/mol. The second-order valence-corrected chi connectivity index (χ2v) is 9.40. The van der Waals surface area contributed by atoms with Crippen LogP contribution in [0.25, 0.3) is 11.0 Å². The number of aliphatic imine (C=N–C) groups is 1. The largest absolute Gasteiger partial charge is 0.548 e. The van der Waals surface area contributed by atoms with Gasteiger partial charge < -0.3 is 77.9 Å². The van der Waals surface area contributed by atoms with Crippen LogP contribution in [0.3, 0.4) is 0 Å². The Morgan fingerprint density at radius 1 is 0.756 bits per heavy atom. The number of nitrogens with zero attached hydrogens (tertiary/aromatic N) is 3. The molecule has 2 aromatic carbocycles. The van der Waals surface area contributed by atoms with Crippen LogP contribution in [0.1, 0.15) is 5.76 Å². The van der Waals surface area contributed by atoms with Crippen molar-refractivity contribution in [3.63, 3.8) is 0 Å². The molecule has 0 radical (unpaired) electrons. The fraction of sp³-hybridized carbons (Fsp3) is 0.286. The SMILES string of the molecule is O=C([O-])CN(CC(=O)[O-])c1ccccc1OCCOc1cc2cc(C3=NCC(C(=O)[O-])O3)oc2cc1N(CC(=O)[O-])CC(=O)[O-]. The maximum absolute atomic E-state index is 11.4. The Bertz CT molecular complexity index is 1620. The molecule has 238 valence electrons. The van der Waals surface area contributed by atoms with Gasteiger partial charge in [-0.15, -0.1) is 0 Å². The van der Waals surface area contributed by atoms with Crippen molar-refractivity contribution >= 4 is 58.1 Å². The quantitative estimate of drug-likeness (QED) is 0.127. The second-order valence-electron chi connectivity index (χ2n) is 9.40. The topological polar surface area (TPSA) is 260 Å². The van der Waals surface area contributed by atoms with Gasteiger partial charge in [-0.2, -0.15) is 0 Å². The van der Waals surface area contributed by atoms with Crippen LogP contribution >= 0.6 is 0 Å². The lowest BCUT2D eigenvalue weighted by molar-refractivity contribution is -0.313. The van der Waals surface area contributed by atoms with Gasteiger partial charge in [-0.05, 0) is 24.3 Å². The Balaban J connectivity index is 1.59. The van der Waals surface area contributed by atoms with Gasteiger partial charge in [-0.1, -0.05) is 12.1 Å². The van der Waals surface area contributed by atoms with Crippen LogP contribution in [-0.4, -0.2) is 87.8 Å². The summed E-state index contributed by atoms with van der Waals surface area (Å²) < 4.78 is 22.5. The average Bonchev–Trinajstić information content (AvgIpc) is 3.61. The van der Waals surface area contributed by atoms with Crippen molar-refractivity contribution in [2.75, 3.05) is 55.7 Å². The van der Waals surface area contributed by atoms with Gasteiger partial charge in [-0.25, -0.2) is 4.99 Å². The molecule has 4 rings (SSSR count). The predicted molar refractivity (Wildman–Crippen MR) is 139 cm³/mol. The Morgan fingerprint density at radius 2 is 1.31 bits per heavy atom. The Kier molecular flexibility index (Phi) is 9.92. The van der Waals surface area contributed by atoms with E-state index in [2.05, 4.69) is 4.99 Å². The molecule has 0 bridgehead atoms. The highest BCUT2D eigenvalue weighted by molar-refractivity contribution is 5.99. The van der Waals surface area contributed by atoms with Crippen molar-refractivity contribution in [3.8, 4) is 11.5 Å². The summed E-state index contributed by atoms with van der Waals surface area (Å²) in [5, 5.41) is 56.6. The zero-order valence-electron chi connectivity index (χ0n) is 23.1. The number of carboxylic acid groups (broad SMARTS) is 5. The number of para-hydroxylation sites is 2. The maximum Gasteiger partial charge on any atom is 0.253 e. The number of fused-ring (bicyclic) bond motifs is 1. The van der Waals surface area contributed by atoms with Crippen molar-refractivity contribution in [3.05, 3.63) is 48.2 Å². The van der Waals surface area contributed by atoms with Gasteiger partial charge in [0.15, 0.2) is 11.9 Å². The van der Waals surface area contributed by atoms with Crippen LogP contribution in [0.2, 0.25) is 0 Å². The molecule has 0 saturated carbocycles. The molecule has 1 aromatic heterocycles. The summed E-state index contributed by atoms with van der Waals surface area (Å²) in [5.74, 6) is -7.79. The van der Waals surface area contributed by atoms with E-state index in [9.17, 15) is 49.5 Å². The standard InChI is InChI=1S/C28H27N3O14/c32-23(33)11-30(12-24(34)35)16-3-1-2-4-18(16)42-5-6-43-20-7-15-8-21(27-29-10-22(45-27)28(40)41)44-19(15)9-17(20)31(13-25(36)37)14-26(38)39/h1-4,7-9,22H,5-6,10-14H2,(H,32,33)(H,34,35)(H,36,37)(H,38,39)(H,40,41)/p-5. The molecule has 0 saturated heterocycles. The number of rotatable bonds is 17. The third-order valence-electron chi connectivity index (χ3n) is 6.15. The van der Waals surface area contributed by atoms with Crippen LogP contribution < -0.4 is 44.8 Å². The minimum atomic E-state index is -1.61. The van der Waals surface area contributed by atoms with Crippen molar-refractivity contribution in [1.82, 2.24) is 0 Å². The number of furan rings is 1. The summed E-state index contributed by atoms with van der Waals surface area (Å²) >= 11 is 0. The summed E-state index contributed by atoms with van der Waals surface area (Å²) in [4.78, 5) is 62.1. The van der Waals surface area contributed by atoms with Gasteiger partial charge in [0.05, 0.1) is 73.9 Å². The van der Waals surface area contributed by atoms with Crippen molar-refractivity contribution in [2.45, 2.75) is 6.10 Å². The van der Waals surface area contributed by atoms with E-state index in [4.69, 9.17) is 18.6 Å². The molecule has 0 N–H and O–H groups in total. The van der Waals surface area contributed by atoms with E-state index in [-0.39, 0.29) is 59.9 Å². The molecule has 17 heteroatoms. The van der Waals surface area contributed by atoms with E-state index in [1.807, 2.05) is 0 Å². The third-order valence-corrected chi connectivity index (χ3v) is 6.15. The van der Waals surface area contributed by atoms with Crippen LogP contribution in [-0.2, 0) is 28.7 Å². The molecule has 1 unspecified atom stereocenters. The zero-order chi connectivity index (χ0) is 32.7. The number of carbonyl (C=O) groups excluding carboxylic acids is 5. The number of benzene rings is 2. The van der Waals surface area contributed by atoms with E-state index < -0.39 is 62.1 Å². The van der Waals surface area contributed by atoms with Crippen LogP contribution in [0.15, 0.2) is 51.9 Å². The fourth-order valence-electron chi connectivity index (χ4n) is 4.38. The van der Waals surface area contributed by atoms with Crippen LogP contribution in [0.5, 0.6) is 11.5 Å². The van der Waals surface area contributed by atoms with Crippen LogP contribution in [0.4, 0.5) is 11.4 Å². The Morgan fingerprint density at radius 3 is 1.87 bits per heavy atom. The molecule has 1 atom stereocenters. The molecule has 45 heavy (non-hydrogen) atoms. The van der Waals surface area contributed by atoms with Gasteiger partial charge in [0.1, 0.15) is 30.3 Å². The summed E-state index contributed by atoms with van der Waals surface area (Å²) in [6, 6.07) is 10.1. The first-order valence-corrected chi connectivity index (χ1v) is 13.0. The fourth-order valence-corrected chi connectivity index (χ4v) is 4.38. The predicted octanol–water partition coefficient (Wildman–Crippen LogP) is -5.60. The first-order valence-electron chi connectivity index (χ1n) is 13.0. The Hall–Kier alpha value is -6.00. The number of carboxylic acids is 5. The number of carbonyl (C=O) groups is 5. The lowest BCUT2D eigenvalue weighted by atomic mass is 10.2. The first-order chi connectivity index (χ1) is 21.4. The van der Waals surface area contributed by atoms with Crippen molar-refractivity contribution in [2.24, 2.45) is 4.99 Å². The molecule has 3 aromatic rings. The van der Waals surface area contributed by atoms with Crippen molar-refractivity contribution < 1.29 is 68.1 Å². The van der Waals surface area contributed by atoms with Gasteiger partial charge in [0.25, 0.3) is 5.90 Å². The number of aliphatic carboxylic acids is 5. The van der Waals surface area contributed by atoms with E-state index in [0.29, 0.717) is 5.39 Å². The van der Waals surface area contributed by atoms with E-state index in [0.717, 1.165) is 9.80 Å². The van der Waals surface area contributed by atoms with Gasteiger partial charge in [0.2, 0.25) is 0 Å². The van der Waals surface area contributed by atoms with E-state index in [1.54, 1.807) is 6.07 Å². The van der Waals surface area contributed by atoms with E-state index in [1.165, 1.54) is 36.4 Å². The lowest BCUT2D eigenvalue weighted by Crippen LogP contribution is -2.44. The molecular weight excluding hydrogens is 602 g/mol. The normalized spacial score (nSPS) is 13.9. The molecule has 0 amide bonds. The van der Waals surface area contributed by atoms with Gasteiger partial charge in [0, 0.05) is 11.5 Å². The van der Waals surface area contributed by atoms with Gasteiger partial charge >= 0.3 is 0 Å². The molecular formula is C28H22N3O14-5. The molecule has 0 fully saturated rings. The van der Waals surface area contributed by atoms with E-state index >= 15 is 0 Å². The molecule has 1 aliphatic rings. The molecule has 0 aliphatic carbocycles. The third kappa shape index (κ3) is 8.31. The summed E-state index contributed by atoms with van der Waals surface area (Å²) in [6.45, 7) is -3.91.